The van der Waals surface area contributed by atoms with E-state index in [1.807, 2.05) is 0 Å². The molecule has 3 rings (SSSR count). The van der Waals surface area contributed by atoms with Crippen LogP contribution in [0.1, 0.15) is 19.8 Å². The van der Waals surface area contributed by atoms with Gasteiger partial charge in [-0.2, -0.15) is 4.31 Å². The zero-order valence-electron chi connectivity index (χ0n) is 14.5. The van der Waals surface area contributed by atoms with Crippen LogP contribution in [0.5, 0.6) is 0 Å². The Kier molecular flexibility index (Phi) is 5.29. The Morgan fingerprint density at radius 2 is 1.69 bits per heavy atom. The molecular formula is C17H22FN3O4S. The molecule has 2 amide bonds. The SMILES string of the molecule is C[C@H](NC(=O)C1CC1)C(=O)N1CCN(S(=O)(=O)c2ccc(F)cc2)CC1. The Morgan fingerprint density at radius 3 is 2.23 bits per heavy atom. The first-order valence-electron chi connectivity index (χ1n) is 8.64. The number of benzene rings is 1. The number of halogens is 1. The van der Waals surface area contributed by atoms with E-state index in [0.29, 0.717) is 0 Å². The molecule has 1 aliphatic heterocycles. The van der Waals surface area contributed by atoms with E-state index in [-0.39, 0.29) is 48.8 Å². The molecule has 9 heteroatoms. The molecule has 0 unspecified atom stereocenters. The Hall–Kier alpha value is -2.00. The summed E-state index contributed by atoms with van der Waals surface area (Å²) in [5.41, 5.74) is 0. The van der Waals surface area contributed by atoms with Crippen molar-refractivity contribution in [1.29, 1.82) is 0 Å². The Bertz CT molecular complexity index is 785. The zero-order chi connectivity index (χ0) is 18.9. The first kappa shape index (κ1) is 18.8. The molecule has 142 valence electrons. The van der Waals surface area contributed by atoms with Crippen molar-refractivity contribution in [3.05, 3.63) is 30.1 Å². The van der Waals surface area contributed by atoms with Crippen LogP contribution in [0.3, 0.4) is 0 Å². The Balaban J connectivity index is 1.57. The first-order valence-corrected chi connectivity index (χ1v) is 10.1. The highest BCUT2D eigenvalue weighted by atomic mass is 32.2. The third kappa shape index (κ3) is 4.04. The van der Waals surface area contributed by atoms with Crippen molar-refractivity contribution in [3.63, 3.8) is 0 Å². The minimum Gasteiger partial charge on any atom is -0.344 e. The fourth-order valence-electron chi connectivity index (χ4n) is 2.92. The van der Waals surface area contributed by atoms with Crippen LogP contribution in [0.25, 0.3) is 0 Å². The van der Waals surface area contributed by atoms with Crippen LogP contribution in [0.4, 0.5) is 4.39 Å². The van der Waals surface area contributed by atoms with E-state index in [1.54, 1.807) is 11.8 Å². The molecule has 1 saturated carbocycles. The lowest BCUT2D eigenvalue weighted by Gasteiger charge is -2.35. The van der Waals surface area contributed by atoms with Gasteiger partial charge in [0.15, 0.2) is 0 Å². The van der Waals surface area contributed by atoms with E-state index >= 15 is 0 Å². The lowest BCUT2D eigenvalue weighted by Crippen LogP contribution is -2.55. The van der Waals surface area contributed by atoms with Gasteiger partial charge < -0.3 is 10.2 Å². The molecule has 1 saturated heterocycles. The van der Waals surface area contributed by atoms with Crippen molar-refractivity contribution in [2.24, 2.45) is 5.92 Å². The molecule has 0 aromatic heterocycles. The van der Waals surface area contributed by atoms with Gasteiger partial charge in [0.25, 0.3) is 0 Å². The molecule has 1 aromatic rings. The number of amides is 2. The van der Waals surface area contributed by atoms with E-state index in [2.05, 4.69) is 5.32 Å². The molecule has 1 aliphatic carbocycles. The number of nitrogens with zero attached hydrogens (tertiary/aromatic N) is 2. The van der Waals surface area contributed by atoms with Gasteiger partial charge in [0.1, 0.15) is 11.9 Å². The molecule has 2 fully saturated rings. The molecule has 0 radical (unpaired) electrons. The van der Waals surface area contributed by atoms with Crippen molar-refractivity contribution >= 4 is 21.8 Å². The topological polar surface area (TPSA) is 86.8 Å². The van der Waals surface area contributed by atoms with Gasteiger partial charge in [-0.15, -0.1) is 0 Å². The smallest absolute Gasteiger partial charge is 0.244 e. The minimum absolute atomic E-state index is 0.0305. The van der Waals surface area contributed by atoms with Gasteiger partial charge >= 0.3 is 0 Å². The molecule has 1 atom stereocenters. The Morgan fingerprint density at radius 1 is 1.12 bits per heavy atom. The van der Waals surface area contributed by atoms with Gasteiger partial charge in [-0.1, -0.05) is 0 Å². The van der Waals surface area contributed by atoms with Crippen molar-refractivity contribution in [2.75, 3.05) is 26.2 Å². The van der Waals surface area contributed by atoms with Crippen molar-refractivity contribution in [2.45, 2.75) is 30.7 Å². The average molecular weight is 383 g/mol. The van der Waals surface area contributed by atoms with Gasteiger partial charge in [0.05, 0.1) is 4.90 Å². The van der Waals surface area contributed by atoms with Gasteiger partial charge in [-0.05, 0) is 44.0 Å². The molecule has 7 nitrogen and oxygen atoms in total. The van der Waals surface area contributed by atoms with Crippen LogP contribution < -0.4 is 5.32 Å². The van der Waals surface area contributed by atoms with E-state index < -0.39 is 21.9 Å². The summed E-state index contributed by atoms with van der Waals surface area (Å²) in [7, 11) is -3.71. The largest absolute Gasteiger partial charge is 0.344 e. The van der Waals surface area contributed by atoms with Crippen molar-refractivity contribution in [1.82, 2.24) is 14.5 Å². The highest BCUT2D eigenvalue weighted by Gasteiger charge is 2.34. The van der Waals surface area contributed by atoms with Gasteiger partial charge in [-0.25, -0.2) is 12.8 Å². The third-order valence-electron chi connectivity index (χ3n) is 4.68. The van der Waals surface area contributed by atoms with Gasteiger partial charge in [-0.3, -0.25) is 9.59 Å². The van der Waals surface area contributed by atoms with Crippen molar-refractivity contribution in [3.8, 4) is 0 Å². The lowest BCUT2D eigenvalue weighted by atomic mass is 10.2. The van der Waals surface area contributed by atoms with Crippen molar-refractivity contribution < 1.29 is 22.4 Å². The van der Waals surface area contributed by atoms with Crippen LogP contribution in [0.15, 0.2) is 29.2 Å². The average Bonchev–Trinajstić information content (AvgIpc) is 3.46. The predicted octanol–water partition coefficient (Wildman–Crippen LogP) is 0.573. The van der Waals surface area contributed by atoms with Gasteiger partial charge in [0, 0.05) is 32.1 Å². The number of piperazine rings is 1. The van der Waals surface area contributed by atoms with Crippen LogP contribution in [-0.4, -0.2) is 61.7 Å². The number of carbonyl (C=O) groups excluding carboxylic acids is 2. The number of sulfonamides is 1. The number of hydrogen-bond donors (Lipinski definition) is 1. The summed E-state index contributed by atoms with van der Waals surface area (Å²) in [5.74, 6) is -0.772. The molecule has 2 aliphatic rings. The summed E-state index contributed by atoms with van der Waals surface area (Å²) in [6.07, 6.45) is 1.74. The molecule has 1 aromatic carbocycles. The van der Waals surface area contributed by atoms with Crippen LogP contribution in [0, 0.1) is 11.7 Å². The predicted molar refractivity (Wildman–Crippen MR) is 92.1 cm³/mol. The number of carbonyl (C=O) groups is 2. The van der Waals surface area contributed by atoms with E-state index in [4.69, 9.17) is 0 Å². The fraction of sp³-hybridized carbons (Fsp3) is 0.529. The minimum atomic E-state index is -3.71. The quantitative estimate of drug-likeness (QED) is 0.806. The van der Waals surface area contributed by atoms with Crippen LogP contribution in [-0.2, 0) is 19.6 Å². The highest BCUT2D eigenvalue weighted by molar-refractivity contribution is 7.89. The molecule has 26 heavy (non-hydrogen) atoms. The second kappa shape index (κ2) is 7.32. The summed E-state index contributed by atoms with van der Waals surface area (Å²) in [5, 5.41) is 2.71. The van der Waals surface area contributed by atoms with E-state index in [9.17, 15) is 22.4 Å². The van der Waals surface area contributed by atoms with E-state index in [1.165, 1.54) is 16.4 Å². The van der Waals surface area contributed by atoms with E-state index in [0.717, 1.165) is 25.0 Å². The number of hydrogen-bond acceptors (Lipinski definition) is 4. The maximum atomic E-state index is 13.0. The fourth-order valence-corrected chi connectivity index (χ4v) is 4.34. The second-order valence-corrected chi connectivity index (χ2v) is 8.63. The molecule has 1 N–H and O–H groups in total. The maximum absolute atomic E-state index is 13.0. The summed E-state index contributed by atoms with van der Waals surface area (Å²) >= 11 is 0. The Labute approximate surface area is 152 Å². The highest BCUT2D eigenvalue weighted by Crippen LogP contribution is 2.29. The monoisotopic (exact) mass is 383 g/mol. The summed E-state index contributed by atoms with van der Waals surface area (Å²) < 4.78 is 39.4. The molecule has 0 bridgehead atoms. The van der Waals surface area contributed by atoms with Crippen LogP contribution >= 0.6 is 0 Å². The summed E-state index contributed by atoms with van der Waals surface area (Å²) in [6.45, 7) is 2.47. The second-order valence-electron chi connectivity index (χ2n) is 6.69. The molecule has 1 heterocycles. The zero-order valence-corrected chi connectivity index (χ0v) is 15.3. The number of rotatable bonds is 5. The third-order valence-corrected chi connectivity index (χ3v) is 6.59. The molecule has 0 spiro atoms. The first-order chi connectivity index (χ1) is 12.3. The number of nitrogens with one attached hydrogen (secondary N) is 1. The van der Waals surface area contributed by atoms with Crippen LogP contribution in [0.2, 0.25) is 0 Å². The standard InChI is InChI=1S/C17H22FN3O4S/c1-12(19-16(22)13-2-3-13)17(23)20-8-10-21(11-9-20)26(24,25)15-6-4-14(18)5-7-15/h4-7,12-13H,2-3,8-11H2,1H3,(H,19,22)/t12-/m0/s1. The summed E-state index contributed by atoms with van der Waals surface area (Å²) in [6, 6.07) is 4.06. The lowest BCUT2D eigenvalue weighted by molar-refractivity contribution is -0.137. The van der Waals surface area contributed by atoms with Gasteiger partial charge in [0.2, 0.25) is 21.8 Å². The summed E-state index contributed by atoms with van der Waals surface area (Å²) in [4.78, 5) is 25.8. The normalized spacial score (nSPS) is 19.8. The maximum Gasteiger partial charge on any atom is 0.244 e. The molecular weight excluding hydrogens is 361 g/mol.